The summed E-state index contributed by atoms with van der Waals surface area (Å²) in [5, 5.41) is 13.5. The van der Waals surface area contributed by atoms with Crippen LogP contribution in [0.3, 0.4) is 0 Å². The molecule has 132 valence electrons. The molecule has 2 N–H and O–H groups in total. The van der Waals surface area contributed by atoms with Crippen molar-refractivity contribution in [2.75, 3.05) is 0 Å². The number of nitrogens with one attached hydrogen (secondary N) is 1. The number of carbonyl (C=O) groups is 1. The van der Waals surface area contributed by atoms with Crippen molar-refractivity contribution < 1.29 is 9.90 Å². The number of phenolic OH excluding ortho intramolecular Hbond substituents is 1. The predicted octanol–water partition coefficient (Wildman–Crippen LogP) is 4.08. The molecule has 0 spiro atoms. The molecule has 3 rings (SSSR count). The van der Waals surface area contributed by atoms with E-state index in [4.69, 9.17) is 0 Å². The number of hydrazone groups is 1. The van der Waals surface area contributed by atoms with Gasteiger partial charge in [-0.15, -0.1) is 0 Å². The first kappa shape index (κ1) is 17.3. The van der Waals surface area contributed by atoms with Gasteiger partial charge in [-0.2, -0.15) is 5.10 Å². The van der Waals surface area contributed by atoms with Crippen LogP contribution in [-0.2, 0) is 0 Å². The Bertz CT molecular complexity index is 786. The fraction of sp³-hybridized carbons (Fsp3) is 0.400. The summed E-state index contributed by atoms with van der Waals surface area (Å²) in [5.41, 5.74) is 6.36. The molecule has 5 heteroatoms. The van der Waals surface area contributed by atoms with Crippen LogP contribution < -0.4 is 5.43 Å². The molecule has 0 bridgehead atoms. The molecule has 1 aliphatic carbocycles. The van der Waals surface area contributed by atoms with E-state index in [2.05, 4.69) is 35.0 Å². The molecule has 0 radical (unpaired) electrons. The number of aryl methyl sites for hydroxylation is 1. The zero-order chi connectivity index (χ0) is 17.8. The molecule has 0 unspecified atom stereocenters. The maximum atomic E-state index is 12.1. The van der Waals surface area contributed by atoms with E-state index >= 15 is 0 Å². The average Bonchev–Trinajstić information content (AvgIpc) is 2.89. The maximum absolute atomic E-state index is 12.1. The van der Waals surface area contributed by atoms with Gasteiger partial charge in [0.15, 0.2) is 0 Å². The second-order valence-corrected chi connectivity index (χ2v) is 6.74. The van der Waals surface area contributed by atoms with E-state index in [0.717, 1.165) is 5.56 Å². The van der Waals surface area contributed by atoms with Crippen LogP contribution in [0.2, 0.25) is 0 Å². The molecule has 1 fully saturated rings. The first-order valence-corrected chi connectivity index (χ1v) is 8.87. The summed E-state index contributed by atoms with van der Waals surface area (Å²) in [4.78, 5) is 12.1. The van der Waals surface area contributed by atoms with Gasteiger partial charge in [0, 0.05) is 28.6 Å². The lowest BCUT2D eigenvalue weighted by Gasteiger charge is -2.26. The summed E-state index contributed by atoms with van der Waals surface area (Å²) in [7, 11) is 0. The number of rotatable bonds is 4. The molecule has 1 aromatic carbocycles. The molecule has 1 saturated carbocycles. The van der Waals surface area contributed by atoms with Crippen molar-refractivity contribution in [1.29, 1.82) is 0 Å². The molecule has 0 aliphatic heterocycles. The van der Waals surface area contributed by atoms with Crippen LogP contribution in [0, 0.1) is 13.8 Å². The summed E-state index contributed by atoms with van der Waals surface area (Å²) in [6, 6.07) is 8.91. The molecule has 0 atom stereocenters. The maximum Gasteiger partial charge on any atom is 0.271 e. The van der Waals surface area contributed by atoms with Crippen molar-refractivity contribution in [1.82, 2.24) is 9.99 Å². The van der Waals surface area contributed by atoms with Gasteiger partial charge in [-0.3, -0.25) is 4.79 Å². The lowest BCUT2D eigenvalue weighted by Crippen LogP contribution is -2.17. The molecule has 1 aromatic heterocycles. The summed E-state index contributed by atoms with van der Waals surface area (Å²) >= 11 is 0. The van der Waals surface area contributed by atoms with Gasteiger partial charge in [-0.1, -0.05) is 25.3 Å². The minimum absolute atomic E-state index is 0.0626. The lowest BCUT2D eigenvalue weighted by molar-refractivity contribution is 0.0954. The number of benzene rings is 1. The number of phenols is 1. The summed E-state index contributed by atoms with van der Waals surface area (Å²) < 4.78 is 2.41. The zero-order valence-corrected chi connectivity index (χ0v) is 14.8. The van der Waals surface area contributed by atoms with Gasteiger partial charge in [0.2, 0.25) is 0 Å². The van der Waals surface area contributed by atoms with Gasteiger partial charge in [0.05, 0.1) is 6.21 Å². The highest BCUT2D eigenvalue weighted by molar-refractivity contribution is 5.95. The van der Waals surface area contributed by atoms with Crippen molar-refractivity contribution in [3.63, 3.8) is 0 Å². The van der Waals surface area contributed by atoms with Gasteiger partial charge < -0.3 is 9.67 Å². The topological polar surface area (TPSA) is 66.6 Å². The highest BCUT2D eigenvalue weighted by atomic mass is 16.3. The fourth-order valence-corrected chi connectivity index (χ4v) is 3.71. The summed E-state index contributed by atoms with van der Waals surface area (Å²) in [6.07, 6.45) is 8.10. The van der Waals surface area contributed by atoms with Crippen LogP contribution in [0.15, 0.2) is 35.4 Å². The third-order valence-corrected chi connectivity index (χ3v) is 4.94. The molecule has 1 amide bonds. The molecular formula is C20H25N3O2. The highest BCUT2D eigenvalue weighted by Gasteiger charge is 2.19. The van der Waals surface area contributed by atoms with Crippen LogP contribution in [0.5, 0.6) is 5.75 Å². The SMILES string of the molecule is Cc1cc(/C=N\NC(=O)c2cccc(O)c2)c(C)n1C1CCCCC1. The number of hydrogen-bond donors (Lipinski definition) is 2. The Morgan fingerprint density at radius 1 is 1.24 bits per heavy atom. The number of hydrogen-bond acceptors (Lipinski definition) is 3. The lowest BCUT2D eigenvalue weighted by atomic mass is 9.95. The third kappa shape index (κ3) is 3.92. The van der Waals surface area contributed by atoms with E-state index in [9.17, 15) is 9.90 Å². The van der Waals surface area contributed by atoms with E-state index < -0.39 is 0 Å². The first-order chi connectivity index (χ1) is 12.1. The van der Waals surface area contributed by atoms with Crippen LogP contribution >= 0.6 is 0 Å². The Hall–Kier alpha value is -2.56. The fourth-order valence-electron chi connectivity index (χ4n) is 3.71. The first-order valence-electron chi connectivity index (χ1n) is 8.87. The summed E-state index contributed by atoms with van der Waals surface area (Å²) in [5.74, 6) is -0.277. The third-order valence-electron chi connectivity index (χ3n) is 4.94. The standard InChI is InChI=1S/C20H25N3O2/c1-14-11-17(15(2)23(14)18-8-4-3-5-9-18)13-21-22-20(25)16-7-6-10-19(24)12-16/h6-7,10-13,18,24H,3-5,8-9H2,1-2H3,(H,22,25)/b21-13-. The number of amides is 1. The second-order valence-electron chi connectivity index (χ2n) is 6.74. The Kier molecular flexibility index (Phi) is 5.22. The van der Waals surface area contributed by atoms with E-state index in [-0.39, 0.29) is 11.7 Å². The Morgan fingerprint density at radius 3 is 2.72 bits per heavy atom. The Labute approximate surface area is 148 Å². The molecule has 25 heavy (non-hydrogen) atoms. The molecule has 0 saturated heterocycles. The van der Waals surface area contributed by atoms with E-state index in [1.807, 2.05) is 0 Å². The number of aromatic nitrogens is 1. The highest BCUT2D eigenvalue weighted by Crippen LogP contribution is 2.31. The smallest absolute Gasteiger partial charge is 0.271 e. The monoisotopic (exact) mass is 339 g/mol. The number of carbonyl (C=O) groups excluding carboxylic acids is 1. The molecule has 1 heterocycles. The molecule has 5 nitrogen and oxygen atoms in total. The second kappa shape index (κ2) is 7.55. The minimum atomic E-state index is -0.340. The quantitative estimate of drug-likeness (QED) is 0.651. The number of nitrogens with zero attached hydrogens (tertiary/aromatic N) is 2. The largest absolute Gasteiger partial charge is 0.508 e. The van der Waals surface area contributed by atoms with E-state index in [0.29, 0.717) is 11.6 Å². The van der Waals surface area contributed by atoms with E-state index in [1.165, 1.54) is 55.6 Å². The summed E-state index contributed by atoms with van der Waals surface area (Å²) in [6.45, 7) is 4.24. The molecule has 2 aromatic rings. The van der Waals surface area contributed by atoms with Crippen LogP contribution in [-0.4, -0.2) is 21.8 Å². The van der Waals surface area contributed by atoms with Gasteiger partial charge in [0.1, 0.15) is 5.75 Å². The van der Waals surface area contributed by atoms with Crippen LogP contribution in [0.1, 0.15) is 65.5 Å². The van der Waals surface area contributed by atoms with Crippen LogP contribution in [0.25, 0.3) is 0 Å². The van der Waals surface area contributed by atoms with Crippen molar-refractivity contribution >= 4 is 12.1 Å². The minimum Gasteiger partial charge on any atom is -0.508 e. The van der Waals surface area contributed by atoms with Gasteiger partial charge in [-0.05, 0) is 51.0 Å². The van der Waals surface area contributed by atoms with E-state index in [1.54, 1.807) is 18.3 Å². The van der Waals surface area contributed by atoms with Gasteiger partial charge in [0.25, 0.3) is 5.91 Å². The zero-order valence-electron chi connectivity index (χ0n) is 14.8. The van der Waals surface area contributed by atoms with Crippen molar-refractivity contribution in [3.8, 4) is 5.75 Å². The van der Waals surface area contributed by atoms with Crippen molar-refractivity contribution in [3.05, 3.63) is 52.8 Å². The number of aromatic hydroxyl groups is 1. The van der Waals surface area contributed by atoms with Crippen molar-refractivity contribution in [2.24, 2.45) is 5.10 Å². The van der Waals surface area contributed by atoms with Gasteiger partial charge in [-0.25, -0.2) is 5.43 Å². The van der Waals surface area contributed by atoms with Gasteiger partial charge >= 0.3 is 0 Å². The van der Waals surface area contributed by atoms with Crippen molar-refractivity contribution in [2.45, 2.75) is 52.0 Å². The molecular weight excluding hydrogens is 314 g/mol. The molecule has 1 aliphatic rings. The Balaban J connectivity index is 1.70. The Morgan fingerprint density at radius 2 is 2.00 bits per heavy atom. The average molecular weight is 339 g/mol. The van der Waals surface area contributed by atoms with Crippen LogP contribution in [0.4, 0.5) is 0 Å². The normalized spacial score (nSPS) is 15.6. The predicted molar refractivity (Wildman–Crippen MR) is 99.2 cm³/mol.